The summed E-state index contributed by atoms with van der Waals surface area (Å²) in [6, 6.07) is 11.2. The first kappa shape index (κ1) is 13.1. The Morgan fingerprint density at radius 1 is 1.16 bits per heavy atom. The smallest absolute Gasteiger partial charge is 0.150 e. The molecule has 19 heavy (non-hydrogen) atoms. The molecule has 2 aliphatic rings. The zero-order chi connectivity index (χ0) is 13.3. The van der Waals surface area contributed by atoms with Gasteiger partial charge in [-0.25, -0.2) is 8.42 Å². The molecule has 1 aliphatic heterocycles. The van der Waals surface area contributed by atoms with Gasteiger partial charge in [0.15, 0.2) is 9.84 Å². The van der Waals surface area contributed by atoms with Crippen LogP contribution in [0, 0.1) is 5.92 Å². The minimum Gasteiger partial charge on any atom is -0.314 e. The highest BCUT2D eigenvalue weighted by Crippen LogP contribution is 2.36. The summed E-state index contributed by atoms with van der Waals surface area (Å²) >= 11 is 0. The third-order valence-corrected chi connectivity index (χ3v) is 6.27. The van der Waals surface area contributed by atoms with E-state index in [0.29, 0.717) is 29.4 Å². The Morgan fingerprint density at radius 3 is 2.53 bits per heavy atom. The first-order valence-corrected chi connectivity index (χ1v) is 8.93. The second-order valence-electron chi connectivity index (χ2n) is 5.95. The number of rotatable bonds is 4. The molecule has 4 heteroatoms. The van der Waals surface area contributed by atoms with Gasteiger partial charge < -0.3 is 5.32 Å². The van der Waals surface area contributed by atoms with Crippen molar-refractivity contribution in [2.75, 3.05) is 18.1 Å². The van der Waals surface area contributed by atoms with Gasteiger partial charge in [-0.05, 0) is 43.2 Å². The molecule has 104 valence electrons. The van der Waals surface area contributed by atoms with Crippen LogP contribution in [0.3, 0.4) is 0 Å². The number of hydrogen-bond acceptors (Lipinski definition) is 3. The second kappa shape index (κ2) is 5.25. The van der Waals surface area contributed by atoms with Gasteiger partial charge in [0.25, 0.3) is 0 Å². The fourth-order valence-electron chi connectivity index (χ4n) is 3.15. The van der Waals surface area contributed by atoms with E-state index in [1.54, 1.807) is 0 Å². The molecule has 3 rings (SSSR count). The lowest BCUT2D eigenvalue weighted by molar-refractivity contribution is 0.279. The molecule has 0 spiro atoms. The Morgan fingerprint density at radius 2 is 1.89 bits per heavy atom. The van der Waals surface area contributed by atoms with Gasteiger partial charge in [-0.15, -0.1) is 0 Å². The molecule has 1 heterocycles. The normalized spacial score (nSPS) is 32.9. The highest BCUT2D eigenvalue weighted by Gasteiger charge is 2.32. The molecule has 0 radical (unpaired) electrons. The molecule has 1 aliphatic carbocycles. The average Bonchev–Trinajstić information content (AvgIpc) is 2.68. The van der Waals surface area contributed by atoms with Crippen LogP contribution in [0.25, 0.3) is 0 Å². The fourth-order valence-corrected chi connectivity index (χ4v) is 5.01. The van der Waals surface area contributed by atoms with Crippen molar-refractivity contribution < 1.29 is 8.42 Å². The Labute approximate surface area is 115 Å². The van der Waals surface area contributed by atoms with E-state index in [1.165, 1.54) is 18.4 Å². The van der Waals surface area contributed by atoms with Crippen LogP contribution in [0.5, 0.6) is 0 Å². The maximum Gasteiger partial charge on any atom is 0.150 e. The average molecular weight is 279 g/mol. The standard InChI is InChI=1S/C15H21NO2S/c17-19(18)7-6-12(11-19)10-16-15-8-14(9-15)13-4-2-1-3-5-13/h1-5,12,14-16H,6-11H2. The van der Waals surface area contributed by atoms with Crippen molar-refractivity contribution in [3.05, 3.63) is 35.9 Å². The Kier molecular flexibility index (Phi) is 3.63. The van der Waals surface area contributed by atoms with Gasteiger partial charge in [-0.2, -0.15) is 0 Å². The zero-order valence-electron chi connectivity index (χ0n) is 11.1. The minimum absolute atomic E-state index is 0.334. The number of nitrogens with one attached hydrogen (secondary N) is 1. The van der Waals surface area contributed by atoms with Crippen LogP contribution in [-0.2, 0) is 9.84 Å². The van der Waals surface area contributed by atoms with Crippen LogP contribution >= 0.6 is 0 Å². The van der Waals surface area contributed by atoms with Crippen LogP contribution in [0.4, 0.5) is 0 Å². The van der Waals surface area contributed by atoms with Crippen molar-refractivity contribution in [1.82, 2.24) is 5.32 Å². The van der Waals surface area contributed by atoms with Crippen molar-refractivity contribution in [1.29, 1.82) is 0 Å². The van der Waals surface area contributed by atoms with Crippen LogP contribution in [0.1, 0.15) is 30.7 Å². The van der Waals surface area contributed by atoms with Gasteiger partial charge in [-0.1, -0.05) is 30.3 Å². The van der Waals surface area contributed by atoms with E-state index < -0.39 is 9.84 Å². The van der Waals surface area contributed by atoms with E-state index in [4.69, 9.17) is 0 Å². The SMILES string of the molecule is O=S1(=O)CCC(CNC2CC(c3ccccc3)C2)C1. The van der Waals surface area contributed by atoms with Gasteiger partial charge in [0.2, 0.25) is 0 Å². The van der Waals surface area contributed by atoms with E-state index in [1.807, 2.05) is 0 Å². The molecule has 1 aromatic carbocycles. The van der Waals surface area contributed by atoms with Crippen molar-refractivity contribution in [3.8, 4) is 0 Å². The molecule has 0 bridgehead atoms. The molecule has 2 fully saturated rings. The van der Waals surface area contributed by atoms with Crippen LogP contribution in [-0.4, -0.2) is 32.5 Å². The van der Waals surface area contributed by atoms with Gasteiger partial charge in [0, 0.05) is 6.04 Å². The van der Waals surface area contributed by atoms with Crippen molar-refractivity contribution in [2.24, 2.45) is 5.92 Å². The summed E-state index contributed by atoms with van der Waals surface area (Å²) < 4.78 is 22.8. The van der Waals surface area contributed by atoms with Gasteiger partial charge in [0.05, 0.1) is 11.5 Å². The predicted octanol–water partition coefficient (Wildman–Crippen LogP) is 1.96. The Bertz CT molecular complexity index is 520. The summed E-state index contributed by atoms with van der Waals surface area (Å²) in [7, 11) is -2.73. The lowest BCUT2D eigenvalue weighted by Gasteiger charge is -2.37. The molecule has 1 unspecified atom stereocenters. The number of sulfone groups is 1. The molecule has 1 N–H and O–H groups in total. The molecular weight excluding hydrogens is 258 g/mol. The van der Waals surface area contributed by atoms with Gasteiger partial charge in [0.1, 0.15) is 0 Å². The van der Waals surface area contributed by atoms with E-state index in [2.05, 4.69) is 35.6 Å². The Hall–Kier alpha value is -0.870. The summed E-state index contributed by atoms with van der Waals surface area (Å²) in [6.45, 7) is 0.866. The van der Waals surface area contributed by atoms with Gasteiger partial charge >= 0.3 is 0 Å². The van der Waals surface area contributed by atoms with Crippen LogP contribution in [0.2, 0.25) is 0 Å². The summed E-state index contributed by atoms with van der Waals surface area (Å²) in [6.07, 6.45) is 3.21. The zero-order valence-corrected chi connectivity index (χ0v) is 11.9. The quantitative estimate of drug-likeness (QED) is 0.916. The van der Waals surface area contributed by atoms with Gasteiger partial charge in [-0.3, -0.25) is 0 Å². The largest absolute Gasteiger partial charge is 0.314 e. The predicted molar refractivity (Wildman–Crippen MR) is 77.0 cm³/mol. The highest BCUT2D eigenvalue weighted by molar-refractivity contribution is 7.91. The van der Waals surface area contributed by atoms with Crippen molar-refractivity contribution in [2.45, 2.75) is 31.2 Å². The molecular formula is C15H21NO2S. The molecule has 1 aromatic rings. The van der Waals surface area contributed by atoms with E-state index in [0.717, 1.165) is 13.0 Å². The maximum atomic E-state index is 11.4. The Balaban J connectivity index is 1.41. The van der Waals surface area contributed by atoms with E-state index in [9.17, 15) is 8.42 Å². The monoisotopic (exact) mass is 279 g/mol. The maximum absolute atomic E-state index is 11.4. The third kappa shape index (κ3) is 3.18. The lowest BCUT2D eigenvalue weighted by Crippen LogP contribution is -2.42. The van der Waals surface area contributed by atoms with E-state index >= 15 is 0 Å². The third-order valence-electron chi connectivity index (χ3n) is 4.43. The fraction of sp³-hybridized carbons (Fsp3) is 0.600. The molecule has 3 nitrogen and oxygen atoms in total. The van der Waals surface area contributed by atoms with E-state index in [-0.39, 0.29) is 0 Å². The number of hydrogen-bond donors (Lipinski definition) is 1. The second-order valence-corrected chi connectivity index (χ2v) is 8.18. The van der Waals surface area contributed by atoms with Crippen LogP contribution in [0.15, 0.2) is 30.3 Å². The summed E-state index contributed by atoms with van der Waals surface area (Å²) in [5.41, 5.74) is 1.43. The van der Waals surface area contributed by atoms with Crippen molar-refractivity contribution >= 4 is 9.84 Å². The topological polar surface area (TPSA) is 46.2 Å². The molecule has 1 atom stereocenters. The minimum atomic E-state index is -2.73. The highest BCUT2D eigenvalue weighted by atomic mass is 32.2. The summed E-state index contributed by atoms with van der Waals surface area (Å²) in [5.74, 6) is 1.79. The molecule has 1 saturated carbocycles. The summed E-state index contributed by atoms with van der Waals surface area (Å²) in [4.78, 5) is 0. The van der Waals surface area contributed by atoms with Crippen molar-refractivity contribution in [3.63, 3.8) is 0 Å². The summed E-state index contributed by atoms with van der Waals surface area (Å²) in [5, 5.41) is 3.53. The first-order valence-electron chi connectivity index (χ1n) is 7.11. The first-order chi connectivity index (χ1) is 9.12. The molecule has 0 aromatic heterocycles. The lowest BCUT2D eigenvalue weighted by atomic mass is 9.76. The number of benzene rings is 1. The molecule has 1 saturated heterocycles. The van der Waals surface area contributed by atoms with Crippen LogP contribution < -0.4 is 5.32 Å². The molecule has 0 amide bonds.